The highest BCUT2D eigenvalue weighted by Gasteiger charge is 2.41. The van der Waals surface area contributed by atoms with E-state index in [-0.39, 0.29) is 29.8 Å². The molecule has 0 aromatic heterocycles. The topological polar surface area (TPSA) is 55.8 Å². The van der Waals surface area contributed by atoms with Crippen LogP contribution in [0.15, 0.2) is 0 Å². The van der Waals surface area contributed by atoms with Crippen LogP contribution >= 0.6 is 0 Å². The molecule has 0 spiro atoms. The molecule has 2 fully saturated rings. The lowest BCUT2D eigenvalue weighted by Gasteiger charge is -2.39. The third-order valence-corrected chi connectivity index (χ3v) is 3.80. The normalized spacial score (nSPS) is 25.2. The predicted octanol–water partition coefficient (Wildman–Crippen LogP) is 2.24. The van der Waals surface area contributed by atoms with Gasteiger partial charge in [0, 0.05) is 18.4 Å². The Morgan fingerprint density at radius 3 is 2.50 bits per heavy atom. The third kappa shape index (κ3) is 3.72. The smallest absolute Gasteiger partial charge is 0.410 e. The molecular weight excluding hydrogens is 258 g/mol. The Kier molecular flexibility index (Phi) is 4.37. The van der Waals surface area contributed by atoms with E-state index < -0.39 is 5.60 Å². The van der Waals surface area contributed by atoms with E-state index in [0.717, 1.165) is 12.8 Å². The lowest BCUT2D eigenvalue weighted by Crippen LogP contribution is -2.54. The minimum Gasteiger partial charge on any atom is -0.444 e. The molecular formula is C15H25NO4. The molecule has 114 valence electrons. The van der Waals surface area contributed by atoms with Crippen LogP contribution < -0.4 is 0 Å². The number of hydrogen-bond acceptors (Lipinski definition) is 4. The zero-order valence-corrected chi connectivity index (χ0v) is 12.8. The van der Waals surface area contributed by atoms with Crippen molar-refractivity contribution in [2.24, 2.45) is 11.8 Å². The van der Waals surface area contributed by atoms with Crippen LogP contribution in [0.3, 0.4) is 0 Å². The molecule has 1 amide bonds. The first-order valence-electron chi connectivity index (χ1n) is 7.40. The predicted molar refractivity (Wildman–Crippen MR) is 74.4 cm³/mol. The maximum Gasteiger partial charge on any atom is 0.410 e. The molecule has 1 heterocycles. The molecule has 1 aliphatic heterocycles. The van der Waals surface area contributed by atoms with Crippen molar-refractivity contribution in [3.63, 3.8) is 0 Å². The van der Waals surface area contributed by atoms with Crippen molar-refractivity contribution >= 4 is 11.9 Å². The zero-order valence-electron chi connectivity index (χ0n) is 12.8. The SMILES string of the molecule is CC(C(=O)C1CC1)C1COCCN1C(=O)OC(C)(C)C. The van der Waals surface area contributed by atoms with Crippen molar-refractivity contribution in [1.82, 2.24) is 4.90 Å². The number of nitrogens with zero attached hydrogens (tertiary/aromatic N) is 1. The van der Waals surface area contributed by atoms with Crippen LogP contribution in [0.4, 0.5) is 4.79 Å². The number of hydrogen-bond donors (Lipinski definition) is 0. The minimum atomic E-state index is -0.524. The van der Waals surface area contributed by atoms with Crippen LogP contribution in [0, 0.1) is 11.8 Å². The second-order valence-electron chi connectivity index (χ2n) is 6.78. The molecule has 0 bridgehead atoms. The lowest BCUT2D eigenvalue weighted by atomic mass is 9.93. The van der Waals surface area contributed by atoms with E-state index >= 15 is 0 Å². The van der Waals surface area contributed by atoms with E-state index in [1.54, 1.807) is 4.90 Å². The summed E-state index contributed by atoms with van der Waals surface area (Å²) < 4.78 is 10.9. The summed E-state index contributed by atoms with van der Waals surface area (Å²) in [6.45, 7) is 8.84. The van der Waals surface area contributed by atoms with Crippen molar-refractivity contribution in [3.05, 3.63) is 0 Å². The Morgan fingerprint density at radius 1 is 1.30 bits per heavy atom. The molecule has 2 atom stereocenters. The van der Waals surface area contributed by atoms with Gasteiger partial charge in [-0.3, -0.25) is 9.69 Å². The minimum absolute atomic E-state index is 0.185. The summed E-state index contributed by atoms with van der Waals surface area (Å²) in [5.74, 6) is 0.275. The molecule has 5 nitrogen and oxygen atoms in total. The van der Waals surface area contributed by atoms with Gasteiger partial charge in [0.2, 0.25) is 0 Å². The molecule has 0 aromatic rings. The number of amides is 1. The number of ketones is 1. The van der Waals surface area contributed by atoms with Gasteiger partial charge < -0.3 is 9.47 Å². The average Bonchev–Trinajstić information content (AvgIpc) is 3.19. The monoisotopic (exact) mass is 283 g/mol. The van der Waals surface area contributed by atoms with Crippen molar-refractivity contribution in [2.75, 3.05) is 19.8 Å². The summed E-state index contributed by atoms with van der Waals surface area (Å²) in [4.78, 5) is 26.2. The molecule has 20 heavy (non-hydrogen) atoms. The van der Waals surface area contributed by atoms with Gasteiger partial charge in [-0.05, 0) is 33.6 Å². The number of carbonyl (C=O) groups excluding carboxylic acids is 2. The molecule has 1 saturated heterocycles. The zero-order chi connectivity index (χ0) is 14.9. The van der Waals surface area contributed by atoms with Crippen LogP contribution in [-0.2, 0) is 14.3 Å². The fourth-order valence-electron chi connectivity index (χ4n) is 2.51. The van der Waals surface area contributed by atoms with Crippen molar-refractivity contribution in [1.29, 1.82) is 0 Å². The van der Waals surface area contributed by atoms with Gasteiger partial charge in [-0.2, -0.15) is 0 Å². The molecule has 2 unspecified atom stereocenters. The van der Waals surface area contributed by atoms with E-state index in [2.05, 4.69) is 0 Å². The van der Waals surface area contributed by atoms with Crippen LogP contribution in [0.25, 0.3) is 0 Å². The number of carbonyl (C=O) groups is 2. The largest absolute Gasteiger partial charge is 0.444 e. The van der Waals surface area contributed by atoms with Gasteiger partial charge in [0.25, 0.3) is 0 Å². The molecule has 0 radical (unpaired) electrons. The lowest BCUT2D eigenvalue weighted by molar-refractivity contribution is -0.128. The van der Waals surface area contributed by atoms with Gasteiger partial charge in [-0.1, -0.05) is 6.92 Å². The Labute approximate surface area is 120 Å². The first-order valence-corrected chi connectivity index (χ1v) is 7.40. The first kappa shape index (κ1) is 15.3. The van der Waals surface area contributed by atoms with Crippen LogP contribution in [0.2, 0.25) is 0 Å². The molecule has 0 N–H and O–H groups in total. The van der Waals surface area contributed by atoms with Crippen LogP contribution in [-0.4, -0.2) is 48.2 Å². The van der Waals surface area contributed by atoms with Gasteiger partial charge in [-0.25, -0.2) is 4.79 Å². The molecule has 2 rings (SSSR count). The summed E-state index contributed by atoms with van der Waals surface area (Å²) in [5.41, 5.74) is -0.524. The van der Waals surface area contributed by atoms with E-state index in [9.17, 15) is 9.59 Å². The van der Waals surface area contributed by atoms with Gasteiger partial charge in [0.1, 0.15) is 11.4 Å². The molecule has 1 saturated carbocycles. The highest BCUT2D eigenvalue weighted by molar-refractivity contribution is 5.86. The van der Waals surface area contributed by atoms with Crippen molar-refractivity contribution < 1.29 is 19.1 Å². The average molecular weight is 283 g/mol. The summed E-state index contributed by atoms with van der Waals surface area (Å²) in [6.07, 6.45) is 1.63. The standard InChI is InChI=1S/C15H25NO4/c1-10(13(17)11-5-6-11)12-9-19-8-7-16(12)14(18)20-15(2,3)4/h10-12H,5-9H2,1-4H3. The second-order valence-corrected chi connectivity index (χ2v) is 6.78. The molecule has 5 heteroatoms. The number of rotatable bonds is 3. The van der Waals surface area contributed by atoms with Gasteiger partial charge >= 0.3 is 6.09 Å². The Hall–Kier alpha value is -1.10. The van der Waals surface area contributed by atoms with E-state index in [4.69, 9.17) is 9.47 Å². The van der Waals surface area contributed by atoms with E-state index in [1.807, 2.05) is 27.7 Å². The summed E-state index contributed by atoms with van der Waals surface area (Å²) in [5, 5.41) is 0. The quantitative estimate of drug-likeness (QED) is 0.797. The van der Waals surface area contributed by atoms with Crippen molar-refractivity contribution in [2.45, 2.75) is 52.2 Å². The Bertz CT molecular complexity index is 384. The Morgan fingerprint density at radius 2 is 1.95 bits per heavy atom. The van der Waals surface area contributed by atoms with Gasteiger partial charge in [0.05, 0.1) is 19.3 Å². The summed E-state index contributed by atoms with van der Waals surface area (Å²) >= 11 is 0. The van der Waals surface area contributed by atoms with Gasteiger partial charge in [-0.15, -0.1) is 0 Å². The highest BCUT2D eigenvalue weighted by Crippen LogP contribution is 2.34. The van der Waals surface area contributed by atoms with Crippen LogP contribution in [0.5, 0.6) is 0 Å². The highest BCUT2D eigenvalue weighted by atomic mass is 16.6. The van der Waals surface area contributed by atoms with Crippen molar-refractivity contribution in [3.8, 4) is 0 Å². The third-order valence-electron chi connectivity index (χ3n) is 3.80. The van der Waals surface area contributed by atoms with E-state index in [1.165, 1.54) is 0 Å². The summed E-state index contributed by atoms with van der Waals surface area (Å²) in [7, 11) is 0. The van der Waals surface area contributed by atoms with Crippen LogP contribution in [0.1, 0.15) is 40.5 Å². The molecule has 0 aromatic carbocycles. The maximum atomic E-state index is 12.3. The number of ether oxygens (including phenoxy) is 2. The van der Waals surface area contributed by atoms with Gasteiger partial charge in [0.15, 0.2) is 0 Å². The fourth-order valence-corrected chi connectivity index (χ4v) is 2.51. The molecule has 1 aliphatic carbocycles. The Balaban J connectivity index is 2.04. The first-order chi connectivity index (χ1) is 9.29. The maximum absolute atomic E-state index is 12.3. The number of Topliss-reactive ketones (excluding diaryl/α,β-unsaturated/α-hetero) is 1. The van der Waals surface area contributed by atoms with E-state index in [0.29, 0.717) is 19.8 Å². The number of morpholine rings is 1. The summed E-state index contributed by atoms with van der Waals surface area (Å²) in [6, 6.07) is -0.202. The second kappa shape index (κ2) is 5.72. The molecule has 2 aliphatic rings. The fraction of sp³-hybridized carbons (Fsp3) is 0.867.